The van der Waals surface area contributed by atoms with Crippen molar-refractivity contribution < 1.29 is 19.1 Å². The summed E-state index contributed by atoms with van der Waals surface area (Å²) in [7, 11) is 0. The van der Waals surface area contributed by atoms with Crippen LogP contribution in [-0.4, -0.2) is 24.6 Å². The van der Waals surface area contributed by atoms with Gasteiger partial charge in [0.05, 0.1) is 5.56 Å². The zero-order valence-electron chi connectivity index (χ0n) is 13.4. The van der Waals surface area contributed by atoms with Gasteiger partial charge in [0.25, 0.3) is 5.91 Å². The molecule has 0 saturated heterocycles. The highest BCUT2D eigenvalue weighted by Gasteiger charge is 2.18. The summed E-state index contributed by atoms with van der Waals surface area (Å²) in [5.74, 6) is -0.867. The van der Waals surface area contributed by atoms with E-state index in [4.69, 9.17) is 14.7 Å². The normalized spacial score (nSPS) is 11.1. The van der Waals surface area contributed by atoms with E-state index >= 15 is 0 Å². The maximum atomic E-state index is 12.0. The summed E-state index contributed by atoms with van der Waals surface area (Å²) in [4.78, 5) is 23.8. The van der Waals surface area contributed by atoms with Crippen LogP contribution in [0.1, 0.15) is 12.5 Å². The van der Waals surface area contributed by atoms with Crippen LogP contribution in [0.5, 0.6) is 5.75 Å². The monoisotopic (exact) mass is 402 g/mol. The van der Waals surface area contributed by atoms with Crippen LogP contribution in [0.3, 0.4) is 0 Å². The molecule has 1 N–H and O–H groups in total. The fourth-order valence-electron chi connectivity index (χ4n) is 1.88. The van der Waals surface area contributed by atoms with E-state index in [2.05, 4.69) is 21.2 Å². The fraction of sp³-hybridized carbons (Fsp3) is 0.167. The minimum absolute atomic E-state index is 0.286. The van der Waals surface area contributed by atoms with E-state index in [1.165, 1.54) is 6.92 Å². The smallest absolute Gasteiger partial charge is 0.344 e. The number of esters is 1. The molecule has 0 spiro atoms. The van der Waals surface area contributed by atoms with Crippen LogP contribution in [0.15, 0.2) is 53.0 Å². The molecule has 0 fully saturated rings. The Labute approximate surface area is 153 Å². The maximum absolute atomic E-state index is 12.0. The molecule has 2 aromatic carbocycles. The molecule has 0 aliphatic heterocycles. The van der Waals surface area contributed by atoms with Crippen molar-refractivity contribution in [1.82, 2.24) is 0 Å². The van der Waals surface area contributed by atoms with Crippen LogP contribution in [-0.2, 0) is 14.3 Å². The molecule has 0 heterocycles. The molecule has 25 heavy (non-hydrogen) atoms. The molecule has 128 valence electrons. The summed E-state index contributed by atoms with van der Waals surface area (Å²) in [5, 5.41) is 11.6. The lowest BCUT2D eigenvalue weighted by molar-refractivity contribution is -0.155. The number of ether oxygens (including phenoxy) is 2. The first-order valence-electron chi connectivity index (χ1n) is 7.37. The Morgan fingerprint density at radius 2 is 1.88 bits per heavy atom. The lowest BCUT2D eigenvalue weighted by Gasteiger charge is -2.14. The maximum Gasteiger partial charge on any atom is 0.344 e. The Hall–Kier alpha value is -2.85. The average Bonchev–Trinajstić information content (AvgIpc) is 2.62. The number of rotatable bonds is 6. The molecule has 0 aliphatic rings. The highest BCUT2D eigenvalue weighted by Crippen LogP contribution is 2.17. The number of benzene rings is 2. The van der Waals surface area contributed by atoms with Crippen molar-refractivity contribution >= 4 is 33.5 Å². The molecule has 6 nitrogen and oxygen atoms in total. The second-order valence-corrected chi connectivity index (χ2v) is 5.94. The van der Waals surface area contributed by atoms with E-state index in [-0.39, 0.29) is 5.75 Å². The summed E-state index contributed by atoms with van der Waals surface area (Å²) in [5.41, 5.74) is 0.909. The van der Waals surface area contributed by atoms with Crippen LogP contribution < -0.4 is 10.1 Å². The van der Waals surface area contributed by atoms with Crippen molar-refractivity contribution in [1.29, 1.82) is 5.26 Å². The van der Waals surface area contributed by atoms with Gasteiger partial charge in [-0.3, -0.25) is 4.79 Å². The standard InChI is InChI=1S/C18H15BrN2O4/c1-12(18(23)21-15-8-6-14(19)7-9-15)25-17(22)11-24-16-5-3-2-4-13(16)10-20/h2-9,12H,11H2,1H3,(H,21,23)/t12-/m0/s1. The number of amides is 1. The SMILES string of the molecule is C[C@H](OC(=O)COc1ccccc1C#N)C(=O)Nc1ccc(Br)cc1. The Morgan fingerprint density at radius 3 is 2.56 bits per heavy atom. The third-order valence-electron chi connectivity index (χ3n) is 3.14. The van der Waals surface area contributed by atoms with Crippen molar-refractivity contribution in [3.63, 3.8) is 0 Å². The third kappa shape index (κ3) is 5.62. The summed E-state index contributed by atoms with van der Waals surface area (Å²) in [6, 6.07) is 15.5. The molecule has 0 saturated carbocycles. The van der Waals surface area contributed by atoms with Gasteiger partial charge >= 0.3 is 5.97 Å². The minimum Gasteiger partial charge on any atom is -0.481 e. The first-order chi connectivity index (χ1) is 12.0. The molecule has 1 atom stereocenters. The quantitative estimate of drug-likeness (QED) is 0.748. The first-order valence-corrected chi connectivity index (χ1v) is 8.16. The third-order valence-corrected chi connectivity index (χ3v) is 3.67. The Morgan fingerprint density at radius 1 is 1.20 bits per heavy atom. The highest BCUT2D eigenvalue weighted by atomic mass is 79.9. The number of hydrogen-bond donors (Lipinski definition) is 1. The molecule has 7 heteroatoms. The molecule has 2 rings (SSSR count). The topological polar surface area (TPSA) is 88.4 Å². The minimum atomic E-state index is -0.981. The second kappa shape index (κ2) is 8.85. The summed E-state index contributed by atoms with van der Waals surface area (Å²) in [6.45, 7) is 1.07. The first kappa shape index (κ1) is 18.5. The molecule has 0 aliphatic carbocycles. The zero-order valence-corrected chi connectivity index (χ0v) is 14.9. The average molecular weight is 403 g/mol. The fourth-order valence-corrected chi connectivity index (χ4v) is 2.15. The molecule has 0 radical (unpaired) electrons. The van der Waals surface area contributed by atoms with Gasteiger partial charge in [-0.1, -0.05) is 28.1 Å². The Balaban J connectivity index is 1.84. The molecular weight excluding hydrogens is 388 g/mol. The number of para-hydroxylation sites is 1. The van der Waals surface area contributed by atoms with Gasteiger partial charge in [0.2, 0.25) is 0 Å². The van der Waals surface area contributed by atoms with Gasteiger partial charge in [0, 0.05) is 10.2 Å². The molecule has 0 unspecified atom stereocenters. The molecular formula is C18H15BrN2O4. The van der Waals surface area contributed by atoms with E-state index in [9.17, 15) is 9.59 Å². The van der Waals surface area contributed by atoms with Gasteiger partial charge in [-0.25, -0.2) is 4.79 Å². The van der Waals surface area contributed by atoms with Crippen molar-refractivity contribution in [3.8, 4) is 11.8 Å². The van der Waals surface area contributed by atoms with Gasteiger partial charge in [0.1, 0.15) is 11.8 Å². The van der Waals surface area contributed by atoms with Gasteiger partial charge in [0.15, 0.2) is 12.7 Å². The Bertz CT molecular complexity index is 799. The van der Waals surface area contributed by atoms with E-state index in [1.807, 2.05) is 6.07 Å². The number of nitrogens with one attached hydrogen (secondary N) is 1. The van der Waals surface area contributed by atoms with Crippen molar-refractivity contribution in [2.24, 2.45) is 0 Å². The number of nitrogens with zero attached hydrogens (tertiary/aromatic N) is 1. The zero-order chi connectivity index (χ0) is 18.2. The number of nitriles is 1. The number of halogens is 1. The second-order valence-electron chi connectivity index (χ2n) is 5.02. The van der Waals surface area contributed by atoms with Gasteiger partial charge in [-0.15, -0.1) is 0 Å². The van der Waals surface area contributed by atoms with E-state index < -0.39 is 24.6 Å². The molecule has 0 bridgehead atoms. The molecule has 2 aromatic rings. The number of carbonyl (C=O) groups is 2. The van der Waals surface area contributed by atoms with Gasteiger partial charge < -0.3 is 14.8 Å². The van der Waals surface area contributed by atoms with Crippen molar-refractivity contribution in [2.45, 2.75) is 13.0 Å². The summed E-state index contributed by atoms with van der Waals surface area (Å²) < 4.78 is 11.2. The van der Waals surface area contributed by atoms with Crippen molar-refractivity contribution in [2.75, 3.05) is 11.9 Å². The lowest BCUT2D eigenvalue weighted by atomic mass is 10.2. The predicted octanol–water partition coefficient (Wildman–Crippen LogP) is 3.27. The van der Waals surface area contributed by atoms with Crippen LogP contribution in [0, 0.1) is 11.3 Å². The van der Waals surface area contributed by atoms with Crippen molar-refractivity contribution in [3.05, 3.63) is 58.6 Å². The number of hydrogen-bond acceptors (Lipinski definition) is 5. The van der Waals surface area contributed by atoms with Crippen LogP contribution in [0.2, 0.25) is 0 Å². The van der Waals surface area contributed by atoms with Gasteiger partial charge in [-0.05, 0) is 43.3 Å². The van der Waals surface area contributed by atoms with E-state index in [0.717, 1.165) is 4.47 Å². The molecule has 0 aromatic heterocycles. The summed E-state index contributed by atoms with van der Waals surface area (Å²) in [6.07, 6.45) is -0.981. The lowest BCUT2D eigenvalue weighted by Crippen LogP contribution is -2.31. The largest absolute Gasteiger partial charge is 0.481 e. The van der Waals surface area contributed by atoms with E-state index in [0.29, 0.717) is 11.3 Å². The number of anilines is 1. The highest BCUT2D eigenvalue weighted by molar-refractivity contribution is 9.10. The number of carbonyl (C=O) groups excluding carboxylic acids is 2. The Kier molecular flexibility index (Phi) is 6.54. The van der Waals surface area contributed by atoms with Gasteiger partial charge in [-0.2, -0.15) is 5.26 Å². The molecule has 1 amide bonds. The van der Waals surface area contributed by atoms with Crippen LogP contribution in [0.4, 0.5) is 5.69 Å². The summed E-state index contributed by atoms with van der Waals surface area (Å²) >= 11 is 3.30. The van der Waals surface area contributed by atoms with Crippen LogP contribution in [0.25, 0.3) is 0 Å². The van der Waals surface area contributed by atoms with Crippen LogP contribution >= 0.6 is 15.9 Å². The predicted molar refractivity (Wildman–Crippen MR) is 95.0 cm³/mol. The van der Waals surface area contributed by atoms with E-state index in [1.54, 1.807) is 48.5 Å².